The van der Waals surface area contributed by atoms with Crippen LogP contribution < -0.4 is 0 Å². The quantitative estimate of drug-likeness (QED) is 0.872. The van der Waals surface area contributed by atoms with Crippen LogP contribution in [0.15, 0.2) is 12.1 Å². The molecule has 1 aromatic rings. The average molecular weight is 304 g/mol. The van der Waals surface area contributed by atoms with Gasteiger partial charge in [0.15, 0.2) is 0 Å². The van der Waals surface area contributed by atoms with Crippen LogP contribution in [-0.2, 0) is 0 Å². The van der Waals surface area contributed by atoms with Crippen molar-refractivity contribution in [1.29, 1.82) is 0 Å². The lowest BCUT2D eigenvalue weighted by Crippen LogP contribution is -2.37. The van der Waals surface area contributed by atoms with Gasteiger partial charge in [-0.1, -0.05) is 11.6 Å². The lowest BCUT2D eigenvalue weighted by molar-refractivity contribution is 0.0677. The van der Waals surface area contributed by atoms with E-state index in [9.17, 15) is 18.7 Å². The highest BCUT2D eigenvalue weighted by Gasteiger charge is 2.31. The number of carbonyl (C=O) groups is 1. The van der Waals surface area contributed by atoms with Crippen molar-refractivity contribution in [2.45, 2.75) is 38.3 Å². The maximum Gasteiger partial charge on any atom is 0.257 e. The molecule has 1 aliphatic rings. The summed E-state index contributed by atoms with van der Waals surface area (Å²) in [5, 5.41) is 9.08. The highest BCUT2D eigenvalue weighted by atomic mass is 35.5. The Morgan fingerprint density at radius 2 is 2.20 bits per heavy atom. The number of benzene rings is 1. The molecule has 2 rings (SSSR count). The van der Waals surface area contributed by atoms with Crippen molar-refractivity contribution in [2.24, 2.45) is 0 Å². The van der Waals surface area contributed by atoms with Gasteiger partial charge in [-0.05, 0) is 38.3 Å². The molecule has 0 saturated carbocycles. The van der Waals surface area contributed by atoms with Gasteiger partial charge in [0.1, 0.15) is 11.6 Å². The smallest absolute Gasteiger partial charge is 0.257 e. The number of aliphatic hydroxyl groups excluding tert-OH is 1. The van der Waals surface area contributed by atoms with Gasteiger partial charge >= 0.3 is 0 Å². The van der Waals surface area contributed by atoms with Crippen LogP contribution in [0, 0.1) is 11.6 Å². The van der Waals surface area contributed by atoms with Crippen molar-refractivity contribution in [1.82, 2.24) is 4.90 Å². The molecular weight excluding hydrogens is 288 g/mol. The fraction of sp³-hybridized carbons (Fsp3) is 0.500. The predicted molar refractivity (Wildman–Crippen MR) is 71.7 cm³/mol. The molecule has 1 amide bonds. The standard InChI is InChI=1S/C14H16ClF2NO2/c1-8(19)5-9-3-2-4-18(9)14(20)10-6-13(17)11(15)7-12(10)16/h6-9,19H,2-5H2,1H3/t8-,9+/m1/s1. The van der Waals surface area contributed by atoms with Gasteiger partial charge in [-0.25, -0.2) is 8.78 Å². The average Bonchev–Trinajstić information content (AvgIpc) is 2.80. The molecule has 1 N–H and O–H groups in total. The van der Waals surface area contributed by atoms with Crippen LogP contribution in [-0.4, -0.2) is 34.6 Å². The molecule has 1 aliphatic heterocycles. The number of nitrogens with zero attached hydrogens (tertiary/aromatic N) is 1. The number of hydrogen-bond acceptors (Lipinski definition) is 2. The SMILES string of the molecule is C[C@@H](O)C[C@@H]1CCCN1C(=O)c1cc(F)c(Cl)cc1F. The Balaban J connectivity index is 2.24. The van der Waals surface area contributed by atoms with Gasteiger partial charge < -0.3 is 10.0 Å². The number of hydrogen-bond donors (Lipinski definition) is 1. The highest BCUT2D eigenvalue weighted by Crippen LogP contribution is 2.26. The second-order valence-electron chi connectivity index (χ2n) is 5.13. The molecule has 0 aliphatic carbocycles. The van der Waals surface area contributed by atoms with Gasteiger partial charge in [-0.15, -0.1) is 0 Å². The van der Waals surface area contributed by atoms with Crippen LogP contribution in [0.2, 0.25) is 5.02 Å². The van der Waals surface area contributed by atoms with Crippen molar-refractivity contribution in [2.75, 3.05) is 6.54 Å². The largest absolute Gasteiger partial charge is 0.393 e. The summed E-state index contributed by atoms with van der Waals surface area (Å²) in [4.78, 5) is 13.8. The number of rotatable bonds is 3. The van der Waals surface area contributed by atoms with Crippen LogP contribution in [0.1, 0.15) is 36.5 Å². The summed E-state index contributed by atoms with van der Waals surface area (Å²) < 4.78 is 27.2. The molecule has 1 heterocycles. The summed E-state index contributed by atoms with van der Waals surface area (Å²) in [7, 11) is 0. The number of likely N-dealkylation sites (tertiary alicyclic amines) is 1. The maximum atomic E-state index is 13.8. The first-order valence-electron chi connectivity index (χ1n) is 6.53. The molecule has 1 aromatic carbocycles. The third-order valence-corrected chi connectivity index (χ3v) is 3.78. The Kier molecular flexibility index (Phi) is 4.60. The monoisotopic (exact) mass is 303 g/mol. The van der Waals surface area contributed by atoms with E-state index in [1.54, 1.807) is 6.92 Å². The van der Waals surface area contributed by atoms with Gasteiger partial charge in [0.2, 0.25) is 0 Å². The zero-order valence-corrected chi connectivity index (χ0v) is 11.8. The second kappa shape index (κ2) is 6.06. The Morgan fingerprint density at radius 1 is 1.50 bits per heavy atom. The molecular formula is C14H16ClF2NO2. The zero-order valence-electron chi connectivity index (χ0n) is 11.1. The molecule has 1 fully saturated rings. The van der Waals surface area contributed by atoms with E-state index in [2.05, 4.69) is 0 Å². The molecule has 1 saturated heterocycles. The van der Waals surface area contributed by atoms with Crippen LogP contribution >= 0.6 is 11.6 Å². The molecule has 0 aromatic heterocycles. The topological polar surface area (TPSA) is 40.5 Å². The number of halogens is 3. The molecule has 0 radical (unpaired) electrons. The van der Waals surface area contributed by atoms with Crippen molar-refractivity contribution in [3.05, 3.63) is 34.4 Å². The zero-order chi connectivity index (χ0) is 14.9. The molecule has 2 atom stereocenters. The third kappa shape index (κ3) is 3.10. The summed E-state index contributed by atoms with van der Waals surface area (Å²) in [6.07, 6.45) is 1.44. The molecule has 0 bridgehead atoms. The summed E-state index contributed by atoms with van der Waals surface area (Å²) in [5.74, 6) is -2.20. The van der Waals surface area contributed by atoms with E-state index in [0.717, 1.165) is 25.0 Å². The van der Waals surface area contributed by atoms with Crippen molar-refractivity contribution >= 4 is 17.5 Å². The number of amides is 1. The van der Waals surface area contributed by atoms with E-state index in [1.165, 1.54) is 4.90 Å². The maximum absolute atomic E-state index is 13.8. The lowest BCUT2D eigenvalue weighted by atomic mass is 10.1. The lowest BCUT2D eigenvalue weighted by Gasteiger charge is -2.26. The van der Waals surface area contributed by atoms with Gasteiger partial charge in [-0.3, -0.25) is 4.79 Å². The van der Waals surface area contributed by atoms with Gasteiger partial charge in [0.25, 0.3) is 5.91 Å². The van der Waals surface area contributed by atoms with Crippen LogP contribution in [0.4, 0.5) is 8.78 Å². The highest BCUT2D eigenvalue weighted by molar-refractivity contribution is 6.30. The minimum atomic E-state index is -0.830. The summed E-state index contributed by atoms with van der Waals surface area (Å²) in [5.41, 5.74) is -0.315. The predicted octanol–water partition coefficient (Wildman–Crippen LogP) is 2.99. The van der Waals surface area contributed by atoms with Crippen molar-refractivity contribution in [3.8, 4) is 0 Å². The Labute approximate surface area is 121 Å². The summed E-state index contributed by atoms with van der Waals surface area (Å²) in [6.45, 7) is 2.13. The Hall–Kier alpha value is -1.20. The molecule has 20 heavy (non-hydrogen) atoms. The molecule has 3 nitrogen and oxygen atoms in total. The van der Waals surface area contributed by atoms with E-state index in [4.69, 9.17) is 11.6 Å². The van der Waals surface area contributed by atoms with Crippen molar-refractivity contribution < 1.29 is 18.7 Å². The first kappa shape index (κ1) is 15.2. The van der Waals surface area contributed by atoms with Gasteiger partial charge in [-0.2, -0.15) is 0 Å². The minimum Gasteiger partial charge on any atom is -0.393 e. The van der Waals surface area contributed by atoms with E-state index < -0.39 is 23.6 Å². The molecule has 0 spiro atoms. The molecule has 110 valence electrons. The second-order valence-corrected chi connectivity index (χ2v) is 5.53. The molecule has 6 heteroatoms. The van der Waals surface area contributed by atoms with Crippen LogP contribution in [0.3, 0.4) is 0 Å². The number of carbonyl (C=O) groups excluding carboxylic acids is 1. The fourth-order valence-electron chi connectivity index (χ4n) is 2.58. The Bertz CT molecular complexity index is 522. The van der Waals surface area contributed by atoms with E-state index in [-0.39, 0.29) is 16.6 Å². The van der Waals surface area contributed by atoms with E-state index in [0.29, 0.717) is 13.0 Å². The van der Waals surface area contributed by atoms with E-state index >= 15 is 0 Å². The van der Waals surface area contributed by atoms with Crippen LogP contribution in [0.5, 0.6) is 0 Å². The Morgan fingerprint density at radius 3 is 2.85 bits per heavy atom. The minimum absolute atomic E-state index is 0.138. The fourth-order valence-corrected chi connectivity index (χ4v) is 2.73. The van der Waals surface area contributed by atoms with Crippen molar-refractivity contribution in [3.63, 3.8) is 0 Å². The molecule has 0 unspecified atom stereocenters. The van der Waals surface area contributed by atoms with Gasteiger partial charge in [0, 0.05) is 12.6 Å². The first-order chi connectivity index (χ1) is 9.40. The van der Waals surface area contributed by atoms with E-state index in [1.807, 2.05) is 0 Å². The number of aliphatic hydroxyl groups is 1. The normalized spacial score (nSPS) is 20.2. The first-order valence-corrected chi connectivity index (χ1v) is 6.91. The van der Waals surface area contributed by atoms with Gasteiger partial charge in [0.05, 0.1) is 16.7 Å². The summed E-state index contributed by atoms with van der Waals surface area (Å²) >= 11 is 5.47. The summed E-state index contributed by atoms with van der Waals surface area (Å²) in [6, 6.07) is 1.50. The van der Waals surface area contributed by atoms with Crippen LogP contribution in [0.25, 0.3) is 0 Å². The third-order valence-electron chi connectivity index (χ3n) is 3.49.